The summed E-state index contributed by atoms with van der Waals surface area (Å²) >= 11 is 0. The molecule has 1 aliphatic heterocycles. The van der Waals surface area contributed by atoms with Gasteiger partial charge in [-0.05, 0) is 25.3 Å². The van der Waals surface area contributed by atoms with E-state index in [-0.39, 0.29) is 18.1 Å². The zero-order valence-electron chi connectivity index (χ0n) is 10.1. The molecule has 0 saturated carbocycles. The Bertz CT molecular complexity index is 346. The maximum atomic E-state index is 5.93. The van der Waals surface area contributed by atoms with Crippen LogP contribution in [0.5, 0.6) is 0 Å². The Morgan fingerprint density at radius 3 is 2.62 bits per heavy atom. The summed E-state index contributed by atoms with van der Waals surface area (Å²) in [5, 5.41) is 3.48. The maximum Gasteiger partial charge on any atom is 0.142 e. The Morgan fingerprint density at radius 1 is 1.38 bits per heavy atom. The van der Waals surface area contributed by atoms with Gasteiger partial charge in [-0.25, -0.2) is 0 Å². The van der Waals surface area contributed by atoms with Crippen molar-refractivity contribution in [2.45, 2.75) is 26.5 Å². The molecule has 1 fully saturated rings. The van der Waals surface area contributed by atoms with Crippen LogP contribution in [0.15, 0.2) is 24.3 Å². The number of benzene rings is 1. The Labute approximate surface area is 104 Å². The first-order valence-corrected chi connectivity index (χ1v) is 5.57. The lowest BCUT2D eigenvalue weighted by Gasteiger charge is -2.39. The number of nitrogens with one attached hydrogen (secondary N) is 1. The second-order valence-electron chi connectivity index (χ2n) is 4.65. The van der Waals surface area contributed by atoms with Crippen LogP contribution >= 0.6 is 12.4 Å². The first-order valence-electron chi connectivity index (χ1n) is 5.57. The van der Waals surface area contributed by atoms with Gasteiger partial charge < -0.3 is 4.74 Å². The molecule has 90 valence electrons. The highest BCUT2D eigenvalue weighted by Gasteiger charge is 2.32. The van der Waals surface area contributed by atoms with E-state index >= 15 is 0 Å². The minimum Gasteiger partial charge on any atom is -0.356 e. The molecule has 0 amide bonds. The van der Waals surface area contributed by atoms with Crippen LogP contribution in [-0.4, -0.2) is 13.2 Å². The predicted octanol–water partition coefficient (Wildman–Crippen LogP) is 2.85. The van der Waals surface area contributed by atoms with Crippen molar-refractivity contribution in [2.75, 3.05) is 13.2 Å². The predicted molar refractivity (Wildman–Crippen MR) is 68.9 cm³/mol. The van der Waals surface area contributed by atoms with Gasteiger partial charge in [0.25, 0.3) is 0 Å². The zero-order valence-corrected chi connectivity index (χ0v) is 10.9. The van der Waals surface area contributed by atoms with E-state index in [1.54, 1.807) is 0 Å². The third-order valence-electron chi connectivity index (χ3n) is 3.10. The van der Waals surface area contributed by atoms with Crippen molar-refractivity contribution in [3.8, 4) is 0 Å². The van der Waals surface area contributed by atoms with Gasteiger partial charge in [0.2, 0.25) is 0 Å². The molecule has 2 unspecified atom stereocenters. The molecule has 2 nitrogen and oxygen atoms in total. The number of ether oxygens (including phenoxy) is 1. The molecule has 0 radical (unpaired) electrons. The highest BCUT2D eigenvalue weighted by molar-refractivity contribution is 5.85. The van der Waals surface area contributed by atoms with Gasteiger partial charge in [0.05, 0.1) is 6.61 Å². The molecule has 1 aliphatic rings. The van der Waals surface area contributed by atoms with Crippen molar-refractivity contribution < 1.29 is 4.74 Å². The summed E-state index contributed by atoms with van der Waals surface area (Å²) in [5.41, 5.74) is 2.22. The largest absolute Gasteiger partial charge is 0.356 e. The summed E-state index contributed by atoms with van der Waals surface area (Å²) in [6.07, 6.45) is 0. The van der Waals surface area contributed by atoms with E-state index < -0.39 is 0 Å². The molecule has 16 heavy (non-hydrogen) atoms. The Balaban J connectivity index is 0.00000128. The molecule has 1 N–H and O–H groups in total. The summed E-state index contributed by atoms with van der Waals surface area (Å²) in [6, 6.07) is 8.40. The second-order valence-corrected chi connectivity index (χ2v) is 4.65. The molecule has 0 spiro atoms. The van der Waals surface area contributed by atoms with Crippen LogP contribution in [0.2, 0.25) is 0 Å². The SMILES string of the molecule is Cc1ccccc1C1(C)NCC(C)CO1.Cl. The van der Waals surface area contributed by atoms with Crippen molar-refractivity contribution in [3.63, 3.8) is 0 Å². The van der Waals surface area contributed by atoms with E-state index in [4.69, 9.17) is 4.74 Å². The lowest BCUT2D eigenvalue weighted by atomic mass is 9.96. The minimum atomic E-state index is -0.308. The summed E-state index contributed by atoms with van der Waals surface area (Å²) in [6.45, 7) is 8.29. The molecular formula is C13H20ClNO. The fraction of sp³-hybridized carbons (Fsp3) is 0.538. The van der Waals surface area contributed by atoms with Crippen molar-refractivity contribution in [1.82, 2.24) is 5.32 Å². The van der Waals surface area contributed by atoms with Gasteiger partial charge in [-0.1, -0.05) is 31.2 Å². The molecule has 3 heteroatoms. The second kappa shape index (κ2) is 5.17. The molecule has 0 aliphatic carbocycles. The fourth-order valence-corrected chi connectivity index (χ4v) is 2.07. The quantitative estimate of drug-likeness (QED) is 0.817. The van der Waals surface area contributed by atoms with Crippen molar-refractivity contribution in [1.29, 1.82) is 0 Å². The smallest absolute Gasteiger partial charge is 0.142 e. The van der Waals surface area contributed by atoms with Crippen LogP contribution in [0.1, 0.15) is 25.0 Å². The Hall–Kier alpha value is -0.570. The monoisotopic (exact) mass is 241 g/mol. The van der Waals surface area contributed by atoms with Gasteiger partial charge in [0, 0.05) is 12.1 Å². The lowest BCUT2D eigenvalue weighted by Crippen LogP contribution is -2.50. The third kappa shape index (κ3) is 2.57. The van der Waals surface area contributed by atoms with Gasteiger partial charge >= 0.3 is 0 Å². The highest BCUT2D eigenvalue weighted by Crippen LogP contribution is 2.28. The van der Waals surface area contributed by atoms with Crippen LogP contribution in [0.4, 0.5) is 0 Å². The summed E-state index contributed by atoms with van der Waals surface area (Å²) in [5.74, 6) is 0.599. The molecule has 2 rings (SSSR count). The van der Waals surface area contributed by atoms with Gasteiger partial charge in [-0.15, -0.1) is 12.4 Å². The topological polar surface area (TPSA) is 21.3 Å². The summed E-state index contributed by atoms with van der Waals surface area (Å²) in [4.78, 5) is 0. The lowest BCUT2D eigenvalue weighted by molar-refractivity contribution is -0.107. The molecule has 1 aromatic rings. The zero-order chi connectivity index (χ0) is 10.9. The van der Waals surface area contributed by atoms with Crippen molar-refractivity contribution >= 4 is 12.4 Å². The maximum absolute atomic E-state index is 5.93. The number of hydrogen-bond donors (Lipinski definition) is 1. The average molecular weight is 242 g/mol. The van der Waals surface area contributed by atoms with Crippen LogP contribution < -0.4 is 5.32 Å². The Morgan fingerprint density at radius 2 is 2.06 bits per heavy atom. The number of rotatable bonds is 1. The first kappa shape index (κ1) is 13.5. The van der Waals surface area contributed by atoms with E-state index in [0.717, 1.165) is 13.2 Å². The molecule has 1 saturated heterocycles. The van der Waals surface area contributed by atoms with Gasteiger partial charge in [0.1, 0.15) is 5.72 Å². The molecule has 1 aromatic carbocycles. The molecular weight excluding hydrogens is 222 g/mol. The number of hydrogen-bond acceptors (Lipinski definition) is 2. The third-order valence-corrected chi connectivity index (χ3v) is 3.10. The van der Waals surface area contributed by atoms with Crippen LogP contribution in [0.3, 0.4) is 0 Å². The molecule has 1 heterocycles. The molecule has 0 aromatic heterocycles. The van der Waals surface area contributed by atoms with Crippen molar-refractivity contribution in [2.24, 2.45) is 5.92 Å². The van der Waals surface area contributed by atoms with E-state index in [9.17, 15) is 0 Å². The standard InChI is InChI=1S/C13H19NO.ClH/c1-10-8-14-13(3,15-9-10)12-7-5-4-6-11(12)2;/h4-7,10,14H,8-9H2,1-3H3;1H. The van der Waals surface area contributed by atoms with E-state index in [0.29, 0.717) is 5.92 Å². The van der Waals surface area contributed by atoms with Gasteiger partial charge in [-0.3, -0.25) is 5.32 Å². The van der Waals surface area contributed by atoms with Crippen LogP contribution in [0, 0.1) is 12.8 Å². The summed E-state index contributed by atoms with van der Waals surface area (Å²) < 4.78 is 5.93. The average Bonchev–Trinajstić information content (AvgIpc) is 2.23. The fourth-order valence-electron chi connectivity index (χ4n) is 2.07. The highest BCUT2D eigenvalue weighted by atomic mass is 35.5. The van der Waals surface area contributed by atoms with Gasteiger partial charge in [-0.2, -0.15) is 0 Å². The normalized spacial score (nSPS) is 29.6. The van der Waals surface area contributed by atoms with E-state index in [2.05, 4.69) is 50.4 Å². The van der Waals surface area contributed by atoms with Crippen molar-refractivity contribution in [3.05, 3.63) is 35.4 Å². The minimum absolute atomic E-state index is 0. The molecule has 2 atom stereocenters. The van der Waals surface area contributed by atoms with Crippen LogP contribution in [-0.2, 0) is 10.5 Å². The summed E-state index contributed by atoms with van der Waals surface area (Å²) in [7, 11) is 0. The van der Waals surface area contributed by atoms with Crippen LogP contribution in [0.25, 0.3) is 0 Å². The number of halogens is 1. The first-order chi connectivity index (χ1) is 7.12. The number of aryl methyl sites for hydroxylation is 1. The van der Waals surface area contributed by atoms with E-state index in [1.165, 1.54) is 11.1 Å². The molecule has 0 bridgehead atoms. The Kier molecular flexibility index (Phi) is 4.36. The van der Waals surface area contributed by atoms with Gasteiger partial charge in [0.15, 0.2) is 0 Å². The van der Waals surface area contributed by atoms with E-state index in [1.807, 2.05) is 0 Å².